The van der Waals surface area contributed by atoms with E-state index in [1.807, 2.05) is 6.92 Å². The SMILES string of the molecule is CCOC(=O)C1CC(S(=O)(=O)Nc2ccc(C)cc2Cl)NN1. The molecule has 1 aliphatic heterocycles. The maximum Gasteiger partial charge on any atom is 0.324 e. The van der Waals surface area contributed by atoms with Crippen LogP contribution in [0.3, 0.4) is 0 Å². The number of hydrogen-bond donors (Lipinski definition) is 3. The minimum absolute atomic E-state index is 0.0671. The number of hydrazine groups is 1. The lowest BCUT2D eigenvalue weighted by Crippen LogP contribution is -2.41. The smallest absolute Gasteiger partial charge is 0.324 e. The molecule has 1 fully saturated rings. The number of hydrogen-bond acceptors (Lipinski definition) is 6. The number of nitrogens with one attached hydrogen (secondary N) is 3. The second-order valence-electron chi connectivity index (χ2n) is 4.95. The number of anilines is 1. The average molecular weight is 348 g/mol. The summed E-state index contributed by atoms with van der Waals surface area (Å²) in [6, 6.07) is 4.32. The van der Waals surface area contributed by atoms with Crippen LogP contribution in [0.25, 0.3) is 0 Å². The van der Waals surface area contributed by atoms with Gasteiger partial charge in [-0.05, 0) is 31.5 Å². The second kappa shape index (κ2) is 6.82. The van der Waals surface area contributed by atoms with Crippen LogP contribution in [-0.4, -0.2) is 32.4 Å². The highest BCUT2D eigenvalue weighted by molar-refractivity contribution is 7.93. The van der Waals surface area contributed by atoms with Gasteiger partial charge in [-0.2, -0.15) is 0 Å². The predicted octanol–water partition coefficient (Wildman–Crippen LogP) is 1.15. The summed E-state index contributed by atoms with van der Waals surface area (Å²) in [5, 5.41) is -0.643. The van der Waals surface area contributed by atoms with Crippen LogP contribution in [0.2, 0.25) is 5.02 Å². The number of carbonyl (C=O) groups excluding carboxylic acids is 1. The molecular formula is C13H18ClN3O4S. The molecule has 1 aromatic rings. The molecule has 0 bridgehead atoms. The molecule has 3 N–H and O–H groups in total. The van der Waals surface area contributed by atoms with Crippen molar-refractivity contribution in [1.29, 1.82) is 0 Å². The molecule has 2 unspecified atom stereocenters. The summed E-state index contributed by atoms with van der Waals surface area (Å²) in [6.07, 6.45) is 0.0671. The maximum atomic E-state index is 12.3. The van der Waals surface area contributed by atoms with Crippen molar-refractivity contribution in [2.45, 2.75) is 31.7 Å². The van der Waals surface area contributed by atoms with Crippen molar-refractivity contribution in [3.05, 3.63) is 28.8 Å². The highest BCUT2D eigenvalue weighted by Gasteiger charge is 2.38. The molecule has 0 saturated carbocycles. The van der Waals surface area contributed by atoms with E-state index < -0.39 is 27.4 Å². The molecule has 22 heavy (non-hydrogen) atoms. The van der Waals surface area contributed by atoms with Gasteiger partial charge >= 0.3 is 5.97 Å². The molecule has 0 radical (unpaired) electrons. The number of rotatable bonds is 5. The van der Waals surface area contributed by atoms with Gasteiger partial charge in [-0.15, -0.1) is 0 Å². The zero-order valence-corrected chi connectivity index (χ0v) is 13.8. The van der Waals surface area contributed by atoms with Crippen molar-refractivity contribution in [3.8, 4) is 0 Å². The van der Waals surface area contributed by atoms with Crippen molar-refractivity contribution >= 4 is 33.3 Å². The summed E-state index contributed by atoms with van der Waals surface area (Å²) in [5.41, 5.74) is 6.45. The Bertz CT molecular complexity index is 665. The fourth-order valence-electron chi connectivity index (χ4n) is 2.06. The minimum atomic E-state index is -3.75. The highest BCUT2D eigenvalue weighted by Crippen LogP contribution is 2.25. The first-order valence-electron chi connectivity index (χ1n) is 6.79. The lowest BCUT2D eigenvalue weighted by Gasteiger charge is -2.14. The van der Waals surface area contributed by atoms with E-state index in [2.05, 4.69) is 15.6 Å². The normalized spacial score (nSPS) is 21.6. The van der Waals surface area contributed by atoms with E-state index in [-0.39, 0.29) is 13.0 Å². The van der Waals surface area contributed by atoms with Crippen LogP contribution in [0.15, 0.2) is 18.2 Å². The second-order valence-corrected chi connectivity index (χ2v) is 7.22. The van der Waals surface area contributed by atoms with Gasteiger partial charge in [0.15, 0.2) is 0 Å². The number of ether oxygens (including phenoxy) is 1. The third kappa shape index (κ3) is 3.89. The van der Waals surface area contributed by atoms with Crippen molar-refractivity contribution in [2.75, 3.05) is 11.3 Å². The van der Waals surface area contributed by atoms with E-state index in [0.717, 1.165) is 5.56 Å². The maximum absolute atomic E-state index is 12.3. The Morgan fingerprint density at radius 3 is 2.82 bits per heavy atom. The van der Waals surface area contributed by atoms with Gasteiger partial charge in [0, 0.05) is 6.42 Å². The summed E-state index contributed by atoms with van der Waals surface area (Å²) in [4.78, 5) is 11.6. The molecule has 2 rings (SSSR count). The highest BCUT2D eigenvalue weighted by atomic mass is 35.5. The number of benzene rings is 1. The molecule has 1 saturated heterocycles. The molecule has 0 amide bonds. The lowest BCUT2D eigenvalue weighted by molar-refractivity contribution is -0.145. The van der Waals surface area contributed by atoms with Crippen LogP contribution < -0.4 is 15.6 Å². The standard InChI is InChI=1S/C13H18ClN3O4S/c1-3-21-13(18)11-7-12(16-15-11)22(19,20)17-10-5-4-8(2)6-9(10)14/h4-6,11-12,15-17H,3,7H2,1-2H3. The molecule has 1 aliphatic rings. The first-order chi connectivity index (χ1) is 10.3. The molecule has 9 heteroatoms. The Balaban J connectivity index is 2.07. The third-order valence-electron chi connectivity index (χ3n) is 3.19. The minimum Gasteiger partial charge on any atom is -0.465 e. The fourth-order valence-corrected chi connectivity index (χ4v) is 3.69. The summed E-state index contributed by atoms with van der Waals surface area (Å²) < 4.78 is 32.0. The zero-order chi connectivity index (χ0) is 16.3. The van der Waals surface area contributed by atoms with Crippen molar-refractivity contribution in [2.24, 2.45) is 0 Å². The van der Waals surface area contributed by atoms with Crippen LogP contribution in [0.1, 0.15) is 18.9 Å². The zero-order valence-electron chi connectivity index (χ0n) is 12.2. The van der Waals surface area contributed by atoms with Gasteiger partial charge in [0.25, 0.3) is 0 Å². The summed E-state index contributed by atoms with van der Waals surface area (Å²) >= 11 is 6.03. The van der Waals surface area contributed by atoms with Crippen molar-refractivity contribution in [1.82, 2.24) is 10.9 Å². The molecule has 0 aromatic heterocycles. The molecule has 1 heterocycles. The summed E-state index contributed by atoms with van der Waals surface area (Å²) in [6.45, 7) is 3.79. The van der Waals surface area contributed by atoms with E-state index in [0.29, 0.717) is 10.7 Å². The van der Waals surface area contributed by atoms with Crippen molar-refractivity contribution < 1.29 is 17.9 Å². The molecule has 2 atom stereocenters. The molecule has 0 aliphatic carbocycles. The van der Waals surface area contributed by atoms with Crippen LogP contribution in [-0.2, 0) is 19.6 Å². The number of esters is 1. The Kier molecular flexibility index (Phi) is 5.28. The van der Waals surface area contributed by atoms with Crippen LogP contribution >= 0.6 is 11.6 Å². The van der Waals surface area contributed by atoms with E-state index in [4.69, 9.17) is 16.3 Å². The Morgan fingerprint density at radius 1 is 1.45 bits per heavy atom. The monoisotopic (exact) mass is 347 g/mol. The number of carbonyl (C=O) groups is 1. The van der Waals surface area contributed by atoms with Crippen LogP contribution in [0.5, 0.6) is 0 Å². The van der Waals surface area contributed by atoms with Gasteiger partial charge in [-0.25, -0.2) is 19.3 Å². The Labute approximate surface area is 134 Å². The van der Waals surface area contributed by atoms with Gasteiger partial charge in [-0.1, -0.05) is 17.7 Å². The number of halogens is 1. The molecular weight excluding hydrogens is 330 g/mol. The number of aryl methyl sites for hydroxylation is 1. The number of sulfonamides is 1. The molecule has 7 nitrogen and oxygen atoms in total. The summed E-state index contributed by atoms with van der Waals surface area (Å²) in [7, 11) is -3.75. The quantitative estimate of drug-likeness (QED) is 0.691. The Morgan fingerprint density at radius 2 is 2.18 bits per heavy atom. The van der Waals surface area contributed by atoms with Crippen molar-refractivity contribution in [3.63, 3.8) is 0 Å². The van der Waals surface area contributed by atoms with E-state index >= 15 is 0 Å². The third-order valence-corrected chi connectivity index (χ3v) is 5.07. The first kappa shape index (κ1) is 17.0. The van der Waals surface area contributed by atoms with Gasteiger partial charge < -0.3 is 4.74 Å². The van der Waals surface area contributed by atoms with Crippen LogP contribution in [0.4, 0.5) is 5.69 Å². The van der Waals surface area contributed by atoms with Gasteiger partial charge in [0.2, 0.25) is 10.0 Å². The van der Waals surface area contributed by atoms with Gasteiger partial charge in [0.1, 0.15) is 11.4 Å². The molecule has 122 valence electrons. The van der Waals surface area contributed by atoms with E-state index in [1.54, 1.807) is 25.1 Å². The Hall–Kier alpha value is -1.35. The van der Waals surface area contributed by atoms with Gasteiger partial charge in [0.05, 0.1) is 17.3 Å². The summed E-state index contributed by atoms with van der Waals surface area (Å²) in [5.74, 6) is -0.485. The topological polar surface area (TPSA) is 96.5 Å². The molecule has 1 aromatic carbocycles. The van der Waals surface area contributed by atoms with Gasteiger partial charge in [-0.3, -0.25) is 9.52 Å². The van der Waals surface area contributed by atoms with Crippen LogP contribution in [0, 0.1) is 6.92 Å². The van der Waals surface area contributed by atoms with E-state index in [9.17, 15) is 13.2 Å². The first-order valence-corrected chi connectivity index (χ1v) is 8.71. The predicted molar refractivity (Wildman–Crippen MR) is 83.8 cm³/mol. The largest absolute Gasteiger partial charge is 0.465 e. The average Bonchev–Trinajstić information content (AvgIpc) is 2.93. The van der Waals surface area contributed by atoms with E-state index in [1.165, 1.54) is 0 Å². The molecule has 0 spiro atoms. The lowest BCUT2D eigenvalue weighted by atomic mass is 10.2. The fraction of sp³-hybridized carbons (Fsp3) is 0.462.